The second-order valence-corrected chi connectivity index (χ2v) is 2.78. The average Bonchev–Trinajstić information content (AvgIpc) is 2.58. The molecule has 1 aromatic heterocycles. The molecule has 1 aromatic rings. The fraction of sp³-hybridized carbons (Fsp3) is 0.333. The average molecular weight is 196 g/mol. The smallest absolute Gasteiger partial charge is 0.358 e. The van der Waals surface area contributed by atoms with E-state index >= 15 is 0 Å². The SMILES string of the molecule is C=CC(O)c1cn(C)nc1C(=O)OC. The minimum atomic E-state index is -0.905. The van der Waals surface area contributed by atoms with Crippen LogP contribution in [0.2, 0.25) is 0 Å². The molecule has 0 aromatic carbocycles. The van der Waals surface area contributed by atoms with Crippen molar-refractivity contribution in [3.63, 3.8) is 0 Å². The maximum atomic E-state index is 11.2. The second-order valence-electron chi connectivity index (χ2n) is 2.78. The predicted octanol–water partition coefficient (Wildman–Crippen LogP) is 0.426. The highest BCUT2D eigenvalue weighted by atomic mass is 16.5. The van der Waals surface area contributed by atoms with Gasteiger partial charge in [-0.3, -0.25) is 4.68 Å². The highest BCUT2D eigenvalue weighted by Crippen LogP contribution is 2.17. The van der Waals surface area contributed by atoms with Crippen molar-refractivity contribution in [3.05, 3.63) is 30.1 Å². The summed E-state index contributed by atoms with van der Waals surface area (Å²) in [4.78, 5) is 11.2. The molecule has 1 rings (SSSR count). The molecular formula is C9H12N2O3. The van der Waals surface area contributed by atoms with Crippen LogP contribution in [0.4, 0.5) is 0 Å². The van der Waals surface area contributed by atoms with Crippen LogP contribution in [0.25, 0.3) is 0 Å². The monoisotopic (exact) mass is 196 g/mol. The summed E-state index contributed by atoms with van der Waals surface area (Å²) >= 11 is 0. The zero-order valence-corrected chi connectivity index (χ0v) is 8.10. The lowest BCUT2D eigenvalue weighted by Gasteiger charge is -2.03. The first-order valence-corrected chi connectivity index (χ1v) is 4.02. The number of aliphatic hydroxyl groups is 1. The van der Waals surface area contributed by atoms with E-state index in [2.05, 4.69) is 16.4 Å². The number of hydrogen-bond acceptors (Lipinski definition) is 4. The van der Waals surface area contributed by atoms with E-state index in [4.69, 9.17) is 0 Å². The van der Waals surface area contributed by atoms with Gasteiger partial charge in [-0.15, -0.1) is 6.58 Å². The molecule has 0 aliphatic heterocycles. The number of carbonyl (C=O) groups excluding carboxylic acids is 1. The van der Waals surface area contributed by atoms with E-state index in [-0.39, 0.29) is 5.69 Å². The summed E-state index contributed by atoms with van der Waals surface area (Å²) < 4.78 is 5.96. The van der Waals surface area contributed by atoms with Gasteiger partial charge in [0.1, 0.15) is 6.10 Å². The third-order valence-corrected chi connectivity index (χ3v) is 1.78. The molecule has 1 unspecified atom stereocenters. The number of rotatable bonds is 3. The Morgan fingerprint density at radius 3 is 3.00 bits per heavy atom. The third kappa shape index (κ3) is 1.82. The van der Waals surface area contributed by atoms with Crippen molar-refractivity contribution >= 4 is 5.97 Å². The molecule has 1 heterocycles. The predicted molar refractivity (Wildman–Crippen MR) is 49.7 cm³/mol. The Labute approximate surface area is 81.6 Å². The van der Waals surface area contributed by atoms with Gasteiger partial charge in [0, 0.05) is 18.8 Å². The number of nitrogens with zero attached hydrogens (tertiary/aromatic N) is 2. The van der Waals surface area contributed by atoms with Crippen LogP contribution in [0.15, 0.2) is 18.9 Å². The van der Waals surface area contributed by atoms with Crippen LogP contribution in [0, 0.1) is 0 Å². The Morgan fingerprint density at radius 2 is 2.50 bits per heavy atom. The van der Waals surface area contributed by atoms with Crippen LogP contribution in [0.3, 0.4) is 0 Å². The molecule has 0 spiro atoms. The summed E-state index contributed by atoms with van der Waals surface area (Å²) in [7, 11) is 2.92. The summed E-state index contributed by atoms with van der Waals surface area (Å²) in [6.45, 7) is 3.43. The van der Waals surface area contributed by atoms with Crippen LogP contribution in [0.5, 0.6) is 0 Å². The van der Waals surface area contributed by atoms with Gasteiger partial charge < -0.3 is 9.84 Å². The van der Waals surface area contributed by atoms with E-state index in [0.717, 1.165) is 0 Å². The van der Waals surface area contributed by atoms with E-state index in [0.29, 0.717) is 5.56 Å². The molecule has 0 saturated heterocycles. The minimum Gasteiger partial charge on any atom is -0.464 e. The highest BCUT2D eigenvalue weighted by Gasteiger charge is 2.20. The Hall–Kier alpha value is -1.62. The fourth-order valence-corrected chi connectivity index (χ4v) is 1.11. The van der Waals surface area contributed by atoms with Crippen LogP contribution < -0.4 is 0 Å². The van der Waals surface area contributed by atoms with Gasteiger partial charge in [0.05, 0.1) is 7.11 Å². The summed E-state index contributed by atoms with van der Waals surface area (Å²) in [6.07, 6.45) is 1.97. The zero-order valence-electron chi connectivity index (χ0n) is 8.10. The molecule has 0 aliphatic carbocycles. The first-order valence-electron chi connectivity index (χ1n) is 4.02. The minimum absolute atomic E-state index is 0.113. The molecular weight excluding hydrogens is 184 g/mol. The number of methoxy groups -OCH3 is 1. The lowest BCUT2D eigenvalue weighted by atomic mass is 10.1. The number of carbonyl (C=O) groups is 1. The number of aryl methyl sites for hydroxylation is 1. The van der Waals surface area contributed by atoms with Crippen molar-refractivity contribution in [2.75, 3.05) is 7.11 Å². The summed E-state index contributed by atoms with van der Waals surface area (Å²) in [6, 6.07) is 0. The van der Waals surface area contributed by atoms with Crippen LogP contribution in [-0.4, -0.2) is 28.0 Å². The lowest BCUT2D eigenvalue weighted by Crippen LogP contribution is -2.07. The van der Waals surface area contributed by atoms with Crippen LogP contribution in [0.1, 0.15) is 22.2 Å². The number of aliphatic hydroxyl groups excluding tert-OH is 1. The Balaban J connectivity index is 3.14. The lowest BCUT2D eigenvalue weighted by molar-refractivity contribution is 0.0588. The highest BCUT2D eigenvalue weighted by molar-refractivity contribution is 5.88. The molecule has 1 atom stereocenters. The number of esters is 1. The quantitative estimate of drug-likeness (QED) is 0.562. The molecule has 0 saturated carbocycles. The maximum absolute atomic E-state index is 11.2. The molecule has 0 radical (unpaired) electrons. The second kappa shape index (κ2) is 4.06. The van der Waals surface area contributed by atoms with E-state index in [1.165, 1.54) is 17.9 Å². The number of hydrogen-bond donors (Lipinski definition) is 1. The van der Waals surface area contributed by atoms with E-state index in [1.54, 1.807) is 13.2 Å². The largest absolute Gasteiger partial charge is 0.464 e. The van der Waals surface area contributed by atoms with E-state index < -0.39 is 12.1 Å². The van der Waals surface area contributed by atoms with Crippen molar-refractivity contribution in [2.24, 2.45) is 7.05 Å². The molecule has 0 fully saturated rings. The summed E-state index contributed by atoms with van der Waals surface area (Å²) in [5, 5.41) is 13.4. The van der Waals surface area contributed by atoms with Crippen LogP contribution in [-0.2, 0) is 11.8 Å². The molecule has 0 aliphatic rings. The Bertz CT molecular complexity index is 357. The van der Waals surface area contributed by atoms with Gasteiger partial charge in [-0.05, 0) is 0 Å². The van der Waals surface area contributed by atoms with Gasteiger partial charge in [0.15, 0.2) is 5.69 Å². The number of ether oxygens (including phenoxy) is 1. The van der Waals surface area contributed by atoms with Gasteiger partial charge in [0.2, 0.25) is 0 Å². The molecule has 0 bridgehead atoms. The summed E-state index contributed by atoms with van der Waals surface area (Å²) in [5.74, 6) is -0.568. The van der Waals surface area contributed by atoms with Gasteiger partial charge in [-0.25, -0.2) is 4.79 Å². The number of aromatic nitrogens is 2. The molecule has 1 N–H and O–H groups in total. The van der Waals surface area contributed by atoms with Gasteiger partial charge in [-0.1, -0.05) is 6.08 Å². The molecule has 14 heavy (non-hydrogen) atoms. The zero-order chi connectivity index (χ0) is 10.7. The van der Waals surface area contributed by atoms with Crippen molar-refractivity contribution in [1.29, 1.82) is 0 Å². The molecule has 0 amide bonds. The van der Waals surface area contributed by atoms with Crippen molar-refractivity contribution in [2.45, 2.75) is 6.10 Å². The van der Waals surface area contributed by atoms with Crippen molar-refractivity contribution < 1.29 is 14.6 Å². The van der Waals surface area contributed by atoms with Crippen molar-refractivity contribution in [1.82, 2.24) is 9.78 Å². The Morgan fingerprint density at radius 1 is 1.86 bits per heavy atom. The molecule has 5 nitrogen and oxygen atoms in total. The van der Waals surface area contributed by atoms with Gasteiger partial charge >= 0.3 is 5.97 Å². The maximum Gasteiger partial charge on any atom is 0.358 e. The van der Waals surface area contributed by atoms with Crippen LogP contribution >= 0.6 is 0 Å². The Kier molecular flexibility index (Phi) is 3.03. The first kappa shape index (κ1) is 10.5. The topological polar surface area (TPSA) is 64.3 Å². The van der Waals surface area contributed by atoms with E-state index in [9.17, 15) is 9.90 Å². The third-order valence-electron chi connectivity index (χ3n) is 1.78. The first-order chi connectivity index (χ1) is 6.60. The molecule has 76 valence electrons. The van der Waals surface area contributed by atoms with Gasteiger partial charge in [0.25, 0.3) is 0 Å². The van der Waals surface area contributed by atoms with Crippen molar-refractivity contribution in [3.8, 4) is 0 Å². The fourth-order valence-electron chi connectivity index (χ4n) is 1.11. The van der Waals surface area contributed by atoms with E-state index in [1.807, 2.05) is 0 Å². The normalized spacial score (nSPS) is 12.2. The molecule has 5 heteroatoms. The van der Waals surface area contributed by atoms with Gasteiger partial charge in [-0.2, -0.15) is 5.10 Å². The summed E-state index contributed by atoms with van der Waals surface area (Å²) in [5.41, 5.74) is 0.511. The standard InChI is InChI=1S/C9H12N2O3/c1-4-7(12)6-5-11(2)10-8(6)9(13)14-3/h4-5,7,12H,1H2,2-3H3.